The Kier molecular flexibility index (Phi) is 6.62. The SMILES string of the molecule is C=C[C@H](OC1CCCCO1)C(C)(C)COCc1ccccc1. The lowest BCUT2D eigenvalue weighted by Gasteiger charge is -2.35. The second-order valence-corrected chi connectivity index (χ2v) is 6.56. The first kappa shape index (κ1) is 17.2. The van der Waals surface area contributed by atoms with E-state index in [9.17, 15) is 0 Å². The van der Waals surface area contributed by atoms with Gasteiger partial charge in [-0.25, -0.2) is 0 Å². The fourth-order valence-electron chi connectivity index (χ4n) is 2.63. The predicted molar refractivity (Wildman–Crippen MR) is 88.5 cm³/mol. The molecule has 0 spiro atoms. The van der Waals surface area contributed by atoms with E-state index in [-0.39, 0.29) is 17.8 Å². The molecule has 22 heavy (non-hydrogen) atoms. The molecule has 3 nitrogen and oxygen atoms in total. The van der Waals surface area contributed by atoms with Crippen LogP contribution in [0.1, 0.15) is 38.7 Å². The summed E-state index contributed by atoms with van der Waals surface area (Å²) in [7, 11) is 0. The van der Waals surface area contributed by atoms with E-state index in [4.69, 9.17) is 14.2 Å². The zero-order chi connectivity index (χ0) is 15.8. The maximum Gasteiger partial charge on any atom is 0.158 e. The topological polar surface area (TPSA) is 27.7 Å². The Morgan fingerprint density at radius 2 is 2.09 bits per heavy atom. The highest BCUT2D eigenvalue weighted by atomic mass is 16.7. The molecule has 1 aliphatic rings. The van der Waals surface area contributed by atoms with Crippen LogP contribution in [-0.4, -0.2) is 25.6 Å². The van der Waals surface area contributed by atoms with Crippen molar-refractivity contribution < 1.29 is 14.2 Å². The lowest BCUT2D eigenvalue weighted by Crippen LogP contribution is -2.39. The van der Waals surface area contributed by atoms with Crippen molar-refractivity contribution in [3.05, 3.63) is 48.6 Å². The fraction of sp³-hybridized carbons (Fsp3) is 0.579. The Hall–Kier alpha value is -1.16. The summed E-state index contributed by atoms with van der Waals surface area (Å²) in [5.41, 5.74) is 1.04. The zero-order valence-corrected chi connectivity index (χ0v) is 13.8. The highest BCUT2D eigenvalue weighted by molar-refractivity contribution is 5.13. The quantitative estimate of drug-likeness (QED) is 0.669. The molecule has 0 amide bonds. The maximum absolute atomic E-state index is 6.09. The molecule has 1 aromatic carbocycles. The van der Waals surface area contributed by atoms with Gasteiger partial charge in [0.2, 0.25) is 0 Å². The summed E-state index contributed by atoms with van der Waals surface area (Å²) in [6.07, 6.45) is 4.94. The molecule has 0 bridgehead atoms. The summed E-state index contributed by atoms with van der Waals surface area (Å²) in [5.74, 6) is 0. The van der Waals surface area contributed by atoms with Gasteiger partial charge in [0.25, 0.3) is 0 Å². The van der Waals surface area contributed by atoms with E-state index < -0.39 is 0 Å². The van der Waals surface area contributed by atoms with E-state index in [1.165, 1.54) is 12.0 Å². The third-order valence-corrected chi connectivity index (χ3v) is 4.01. The molecule has 1 aromatic rings. The summed E-state index contributed by atoms with van der Waals surface area (Å²) in [6.45, 7) is 10.2. The van der Waals surface area contributed by atoms with E-state index in [1.807, 2.05) is 24.3 Å². The first-order chi connectivity index (χ1) is 10.6. The third-order valence-electron chi connectivity index (χ3n) is 4.01. The number of ether oxygens (including phenoxy) is 3. The van der Waals surface area contributed by atoms with Gasteiger partial charge in [0.15, 0.2) is 6.29 Å². The van der Waals surface area contributed by atoms with Gasteiger partial charge in [0.1, 0.15) is 0 Å². The highest BCUT2D eigenvalue weighted by Gasteiger charge is 2.31. The van der Waals surface area contributed by atoms with Gasteiger partial charge in [-0.3, -0.25) is 0 Å². The Bertz CT molecular complexity index is 435. The van der Waals surface area contributed by atoms with Gasteiger partial charge in [-0.05, 0) is 24.8 Å². The molecule has 0 N–H and O–H groups in total. The van der Waals surface area contributed by atoms with Crippen molar-refractivity contribution >= 4 is 0 Å². The van der Waals surface area contributed by atoms with Gasteiger partial charge in [0.05, 0.1) is 19.3 Å². The van der Waals surface area contributed by atoms with Crippen LogP contribution in [-0.2, 0) is 20.8 Å². The van der Waals surface area contributed by atoms with Crippen LogP contribution in [0.25, 0.3) is 0 Å². The summed E-state index contributed by atoms with van der Waals surface area (Å²) >= 11 is 0. The summed E-state index contributed by atoms with van der Waals surface area (Å²) in [4.78, 5) is 0. The van der Waals surface area contributed by atoms with Gasteiger partial charge < -0.3 is 14.2 Å². The van der Waals surface area contributed by atoms with Gasteiger partial charge in [-0.2, -0.15) is 0 Å². The molecule has 1 saturated heterocycles. The minimum atomic E-state index is -0.142. The van der Waals surface area contributed by atoms with Gasteiger partial charge in [-0.15, -0.1) is 6.58 Å². The van der Waals surface area contributed by atoms with Crippen molar-refractivity contribution in [3.63, 3.8) is 0 Å². The van der Waals surface area contributed by atoms with Gasteiger partial charge >= 0.3 is 0 Å². The molecule has 0 aromatic heterocycles. The smallest absolute Gasteiger partial charge is 0.158 e. The normalized spacial score (nSPS) is 20.5. The van der Waals surface area contributed by atoms with Crippen molar-refractivity contribution in [2.45, 2.75) is 52.1 Å². The van der Waals surface area contributed by atoms with Crippen LogP contribution in [0.2, 0.25) is 0 Å². The molecule has 1 fully saturated rings. The van der Waals surface area contributed by atoms with Crippen LogP contribution in [0.3, 0.4) is 0 Å². The number of rotatable bonds is 8. The van der Waals surface area contributed by atoms with Crippen LogP contribution >= 0.6 is 0 Å². The van der Waals surface area contributed by atoms with Crippen LogP contribution < -0.4 is 0 Å². The van der Waals surface area contributed by atoms with Crippen LogP contribution in [0, 0.1) is 5.41 Å². The van der Waals surface area contributed by atoms with Crippen molar-refractivity contribution in [3.8, 4) is 0 Å². The molecule has 0 radical (unpaired) electrons. The zero-order valence-electron chi connectivity index (χ0n) is 13.8. The number of benzene rings is 1. The molecular formula is C19H28O3. The molecule has 0 saturated carbocycles. The maximum atomic E-state index is 6.09. The second kappa shape index (κ2) is 8.47. The lowest BCUT2D eigenvalue weighted by molar-refractivity contribution is -0.202. The number of hydrogen-bond acceptors (Lipinski definition) is 3. The van der Waals surface area contributed by atoms with Gasteiger partial charge in [0, 0.05) is 12.0 Å². The second-order valence-electron chi connectivity index (χ2n) is 6.56. The predicted octanol–water partition coefficient (Wildman–Crippen LogP) is 4.33. The molecule has 3 heteroatoms. The Balaban J connectivity index is 1.82. The molecule has 1 heterocycles. The van der Waals surface area contributed by atoms with Crippen molar-refractivity contribution in [1.82, 2.24) is 0 Å². The lowest BCUT2D eigenvalue weighted by atomic mass is 9.87. The standard InChI is InChI=1S/C19H28O3/c1-4-17(22-18-12-8-9-13-21-18)19(2,3)15-20-14-16-10-6-5-7-11-16/h4-7,10-11,17-18H,1,8-9,12-15H2,2-3H3/t17-,18?/m0/s1. The van der Waals surface area contributed by atoms with E-state index in [1.54, 1.807) is 0 Å². The van der Waals surface area contributed by atoms with Crippen molar-refractivity contribution in [1.29, 1.82) is 0 Å². The van der Waals surface area contributed by atoms with Crippen LogP contribution in [0.15, 0.2) is 43.0 Å². The molecule has 0 aliphatic carbocycles. The fourth-order valence-corrected chi connectivity index (χ4v) is 2.63. The minimum Gasteiger partial charge on any atom is -0.376 e. The van der Waals surface area contributed by atoms with Crippen molar-refractivity contribution in [2.75, 3.05) is 13.2 Å². The van der Waals surface area contributed by atoms with E-state index in [2.05, 4.69) is 32.6 Å². The average molecular weight is 304 g/mol. The van der Waals surface area contributed by atoms with Crippen LogP contribution in [0.5, 0.6) is 0 Å². The highest BCUT2D eigenvalue weighted by Crippen LogP contribution is 2.28. The molecule has 122 valence electrons. The molecule has 1 aliphatic heterocycles. The number of hydrogen-bond donors (Lipinski definition) is 0. The van der Waals surface area contributed by atoms with E-state index in [0.717, 1.165) is 19.4 Å². The first-order valence-corrected chi connectivity index (χ1v) is 8.13. The average Bonchev–Trinajstić information content (AvgIpc) is 2.54. The van der Waals surface area contributed by atoms with Crippen molar-refractivity contribution in [2.24, 2.45) is 5.41 Å². The third kappa shape index (κ3) is 5.24. The molecular weight excluding hydrogens is 276 g/mol. The largest absolute Gasteiger partial charge is 0.376 e. The first-order valence-electron chi connectivity index (χ1n) is 8.13. The Morgan fingerprint density at radius 1 is 1.32 bits per heavy atom. The Morgan fingerprint density at radius 3 is 2.73 bits per heavy atom. The summed E-state index contributed by atoms with van der Waals surface area (Å²) in [5, 5.41) is 0. The van der Waals surface area contributed by atoms with Crippen LogP contribution in [0.4, 0.5) is 0 Å². The molecule has 1 unspecified atom stereocenters. The van der Waals surface area contributed by atoms with E-state index >= 15 is 0 Å². The summed E-state index contributed by atoms with van der Waals surface area (Å²) < 4.78 is 17.6. The molecule has 2 rings (SSSR count). The van der Waals surface area contributed by atoms with E-state index in [0.29, 0.717) is 13.2 Å². The molecule has 2 atom stereocenters. The Labute approximate surface area is 134 Å². The van der Waals surface area contributed by atoms with Gasteiger partial charge in [-0.1, -0.05) is 50.3 Å². The monoisotopic (exact) mass is 304 g/mol. The summed E-state index contributed by atoms with van der Waals surface area (Å²) in [6, 6.07) is 10.2. The minimum absolute atomic E-state index is 0.0774.